The highest BCUT2D eigenvalue weighted by atomic mass is 32.2. The van der Waals surface area contributed by atoms with Gasteiger partial charge in [0.05, 0.1) is 4.90 Å². The van der Waals surface area contributed by atoms with Crippen LogP contribution >= 0.6 is 11.8 Å². The van der Waals surface area contributed by atoms with Crippen LogP contribution in [0.2, 0.25) is 0 Å². The molecule has 9 heteroatoms. The monoisotopic (exact) mass is 425 g/mol. The number of anilines is 1. The van der Waals surface area contributed by atoms with Crippen molar-refractivity contribution in [3.05, 3.63) is 24.3 Å². The lowest BCUT2D eigenvalue weighted by Gasteiger charge is -2.37. The van der Waals surface area contributed by atoms with E-state index in [0.717, 1.165) is 25.0 Å². The number of benzene rings is 1. The molecule has 1 aromatic rings. The van der Waals surface area contributed by atoms with Crippen molar-refractivity contribution in [1.82, 2.24) is 9.21 Å². The third-order valence-corrected chi connectivity index (χ3v) is 8.31. The van der Waals surface area contributed by atoms with E-state index in [4.69, 9.17) is 0 Å². The van der Waals surface area contributed by atoms with Gasteiger partial charge in [0.25, 0.3) is 5.24 Å². The van der Waals surface area contributed by atoms with Crippen LogP contribution in [0.1, 0.15) is 39.5 Å². The fourth-order valence-electron chi connectivity index (χ4n) is 3.79. The average Bonchev–Trinajstić information content (AvgIpc) is 3.05. The van der Waals surface area contributed by atoms with Crippen molar-refractivity contribution < 1.29 is 18.0 Å². The molecule has 2 fully saturated rings. The standard InChI is InChI=1S/C19H27N3O4S2/c1-14-4-3-5-15(2)22(14)28(25,26)17-8-6-16(7-9-17)20-18(23)10-11-21-12-13-27-19(21)24/h6-9,14-15H,3-5,10-13H2,1-2H3,(H,20,23)/t14-,15+. The Morgan fingerprint density at radius 3 is 2.39 bits per heavy atom. The Morgan fingerprint density at radius 2 is 1.82 bits per heavy atom. The number of hydrogen-bond acceptors (Lipinski definition) is 5. The number of piperidine rings is 1. The zero-order valence-corrected chi connectivity index (χ0v) is 17.9. The van der Waals surface area contributed by atoms with E-state index in [1.807, 2.05) is 13.8 Å². The summed E-state index contributed by atoms with van der Waals surface area (Å²) in [6, 6.07) is 6.28. The summed E-state index contributed by atoms with van der Waals surface area (Å²) in [6.07, 6.45) is 3.00. The maximum atomic E-state index is 13.0. The van der Waals surface area contributed by atoms with Crippen LogP contribution in [0.5, 0.6) is 0 Å². The molecule has 0 radical (unpaired) electrons. The predicted octanol–water partition coefficient (Wildman–Crippen LogP) is 3.14. The molecule has 7 nitrogen and oxygen atoms in total. The highest BCUT2D eigenvalue weighted by Gasteiger charge is 2.35. The summed E-state index contributed by atoms with van der Waals surface area (Å²) in [5.41, 5.74) is 0.547. The van der Waals surface area contributed by atoms with Crippen molar-refractivity contribution in [1.29, 1.82) is 0 Å². The fraction of sp³-hybridized carbons (Fsp3) is 0.579. The van der Waals surface area contributed by atoms with Gasteiger partial charge in [-0.3, -0.25) is 9.59 Å². The van der Waals surface area contributed by atoms with Gasteiger partial charge in [-0.05, 0) is 51.0 Å². The first-order chi connectivity index (χ1) is 13.3. The Bertz CT molecular complexity index is 816. The van der Waals surface area contributed by atoms with Gasteiger partial charge < -0.3 is 10.2 Å². The largest absolute Gasteiger partial charge is 0.332 e. The minimum absolute atomic E-state index is 0.0143. The third-order valence-electron chi connectivity index (χ3n) is 5.28. The second-order valence-electron chi connectivity index (χ2n) is 7.39. The molecule has 2 aliphatic heterocycles. The first kappa shape index (κ1) is 21.1. The van der Waals surface area contributed by atoms with Crippen LogP contribution in [0.3, 0.4) is 0 Å². The highest BCUT2D eigenvalue weighted by Crippen LogP contribution is 2.30. The molecule has 0 saturated carbocycles. The predicted molar refractivity (Wildman–Crippen MR) is 111 cm³/mol. The number of nitrogens with one attached hydrogen (secondary N) is 1. The number of nitrogens with zero attached hydrogens (tertiary/aromatic N) is 2. The van der Waals surface area contributed by atoms with E-state index in [0.29, 0.717) is 18.8 Å². The summed E-state index contributed by atoms with van der Waals surface area (Å²) in [6.45, 7) is 4.97. The molecule has 154 valence electrons. The van der Waals surface area contributed by atoms with Gasteiger partial charge in [0.1, 0.15) is 0 Å². The molecule has 0 spiro atoms. The van der Waals surface area contributed by atoms with Crippen LogP contribution in [0, 0.1) is 0 Å². The molecular formula is C19H27N3O4S2. The number of sulfonamides is 1. The van der Waals surface area contributed by atoms with Crippen molar-refractivity contribution in [3.8, 4) is 0 Å². The quantitative estimate of drug-likeness (QED) is 0.757. The van der Waals surface area contributed by atoms with E-state index in [1.165, 1.54) is 11.8 Å². The van der Waals surface area contributed by atoms with E-state index in [9.17, 15) is 18.0 Å². The molecule has 2 heterocycles. The summed E-state index contributed by atoms with van der Waals surface area (Å²) < 4.78 is 27.6. The third kappa shape index (κ3) is 4.69. The van der Waals surface area contributed by atoms with Crippen molar-refractivity contribution in [2.24, 2.45) is 0 Å². The van der Waals surface area contributed by atoms with Gasteiger partial charge in [-0.1, -0.05) is 18.2 Å². The Kier molecular flexibility index (Phi) is 6.67. The Morgan fingerprint density at radius 1 is 1.18 bits per heavy atom. The van der Waals surface area contributed by atoms with Gasteiger partial charge in [-0.15, -0.1) is 0 Å². The molecule has 2 amide bonds. The molecule has 1 aromatic carbocycles. The summed E-state index contributed by atoms with van der Waals surface area (Å²) in [4.78, 5) is 25.6. The first-order valence-electron chi connectivity index (χ1n) is 9.64. The summed E-state index contributed by atoms with van der Waals surface area (Å²) >= 11 is 1.27. The molecule has 0 bridgehead atoms. The molecule has 2 atom stereocenters. The lowest BCUT2D eigenvalue weighted by molar-refractivity contribution is -0.116. The number of rotatable bonds is 6. The van der Waals surface area contributed by atoms with Crippen molar-refractivity contribution in [2.75, 3.05) is 24.2 Å². The van der Waals surface area contributed by atoms with Crippen LogP contribution in [-0.2, 0) is 14.8 Å². The van der Waals surface area contributed by atoms with Gasteiger partial charge in [0, 0.05) is 43.0 Å². The van der Waals surface area contributed by atoms with E-state index in [-0.39, 0.29) is 34.5 Å². The highest BCUT2D eigenvalue weighted by molar-refractivity contribution is 8.13. The maximum Gasteiger partial charge on any atom is 0.281 e. The second-order valence-corrected chi connectivity index (χ2v) is 10.3. The Labute approximate surface area is 170 Å². The molecule has 0 aromatic heterocycles. The smallest absolute Gasteiger partial charge is 0.281 e. The molecule has 0 aliphatic carbocycles. The van der Waals surface area contributed by atoms with E-state index in [1.54, 1.807) is 33.5 Å². The van der Waals surface area contributed by atoms with Gasteiger partial charge in [-0.2, -0.15) is 4.31 Å². The number of thioether (sulfide) groups is 1. The van der Waals surface area contributed by atoms with Crippen LogP contribution in [0.4, 0.5) is 10.5 Å². The van der Waals surface area contributed by atoms with Crippen molar-refractivity contribution >= 4 is 38.6 Å². The SMILES string of the molecule is C[C@@H]1CCC[C@H](C)N1S(=O)(=O)c1ccc(NC(=O)CCN2CCSC2=O)cc1. The second kappa shape index (κ2) is 8.84. The van der Waals surface area contributed by atoms with E-state index < -0.39 is 10.0 Å². The van der Waals surface area contributed by atoms with Gasteiger partial charge in [-0.25, -0.2) is 8.42 Å². The first-order valence-corrected chi connectivity index (χ1v) is 12.1. The summed E-state index contributed by atoms with van der Waals surface area (Å²) in [7, 11) is -3.56. The van der Waals surface area contributed by atoms with Crippen LogP contribution < -0.4 is 5.32 Å². The van der Waals surface area contributed by atoms with Gasteiger partial charge in [0.2, 0.25) is 15.9 Å². The molecule has 2 aliphatic rings. The number of carbonyl (C=O) groups is 2. The summed E-state index contributed by atoms with van der Waals surface area (Å²) in [5, 5.41) is 2.78. The zero-order valence-electron chi connectivity index (χ0n) is 16.3. The van der Waals surface area contributed by atoms with E-state index in [2.05, 4.69) is 5.32 Å². The number of amides is 2. The molecular weight excluding hydrogens is 398 g/mol. The molecule has 1 N–H and O–H groups in total. The van der Waals surface area contributed by atoms with Crippen LogP contribution in [0.15, 0.2) is 29.2 Å². The average molecular weight is 426 g/mol. The fourth-order valence-corrected chi connectivity index (χ4v) is 6.53. The van der Waals surface area contributed by atoms with Crippen LogP contribution in [0.25, 0.3) is 0 Å². The molecule has 3 rings (SSSR count). The zero-order chi connectivity index (χ0) is 20.3. The Hall–Kier alpha value is -1.58. The number of carbonyl (C=O) groups excluding carboxylic acids is 2. The van der Waals surface area contributed by atoms with E-state index >= 15 is 0 Å². The van der Waals surface area contributed by atoms with Crippen LogP contribution in [-0.4, -0.2) is 59.7 Å². The lowest BCUT2D eigenvalue weighted by Crippen LogP contribution is -2.47. The van der Waals surface area contributed by atoms with Crippen molar-refractivity contribution in [3.63, 3.8) is 0 Å². The minimum atomic E-state index is -3.56. The summed E-state index contributed by atoms with van der Waals surface area (Å²) in [5.74, 6) is 0.573. The Balaban J connectivity index is 1.61. The van der Waals surface area contributed by atoms with Gasteiger partial charge >= 0.3 is 0 Å². The topological polar surface area (TPSA) is 86.8 Å². The molecule has 28 heavy (non-hydrogen) atoms. The normalized spacial score (nSPS) is 23.8. The van der Waals surface area contributed by atoms with Gasteiger partial charge in [0.15, 0.2) is 0 Å². The maximum absolute atomic E-state index is 13.0. The molecule has 0 unspecified atom stereocenters. The minimum Gasteiger partial charge on any atom is -0.332 e. The molecule has 2 saturated heterocycles. The van der Waals surface area contributed by atoms with Crippen molar-refractivity contribution in [2.45, 2.75) is 56.5 Å². The number of hydrogen-bond donors (Lipinski definition) is 1. The lowest BCUT2D eigenvalue weighted by atomic mass is 10.0.